The second-order valence-corrected chi connectivity index (χ2v) is 12.8. The van der Waals surface area contributed by atoms with Crippen molar-refractivity contribution in [2.75, 3.05) is 0 Å². The molecule has 0 amide bonds. The van der Waals surface area contributed by atoms with Crippen molar-refractivity contribution in [1.82, 2.24) is 0 Å². The van der Waals surface area contributed by atoms with E-state index in [4.69, 9.17) is 4.99 Å². The second-order valence-electron chi connectivity index (χ2n) is 12.8. The maximum absolute atomic E-state index is 5.05. The zero-order valence-electron chi connectivity index (χ0n) is 25.7. The first kappa shape index (κ1) is 27.1. The van der Waals surface area contributed by atoms with Gasteiger partial charge in [0.2, 0.25) is 0 Å². The number of aliphatic imine (C=N–C) groups is 1. The Balaban J connectivity index is 1.47. The molecule has 0 fully saturated rings. The van der Waals surface area contributed by atoms with E-state index in [9.17, 15) is 0 Å². The molecule has 0 radical (unpaired) electrons. The van der Waals surface area contributed by atoms with Crippen molar-refractivity contribution in [2.45, 2.75) is 51.9 Å². The van der Waals surface area contributed by atoms with Gasteiger partial charge in [0.25, 0.3) is 0 Å². The zero-order valence-corrected chi connectivity index (χ0v) is 25.7. The van der Waals surface area contributed by atoms with Crippen molar-refractivity contribution >= 4 is 28.5 Å². The molecule has 2 aromatic carbocycles. The molecule has 0 N–H and O–H groups in total. The summed E-state index contributed by atoms with van der Waals surface area (Å²) in [5.74, 6) is 0.780. The molecule has 0 saturated heterocycles. The van der Waals surface area contributed by atoms with Gasteiger partial charge < -0.3 is 0 Å². The van der Waals surface area contributed by atoms with E-state index in [1.165, 1.54) is 67.6 Å². The van der Waals surface area contributed by atoms with E-state index >= 15 is 0 Å². The highest BCUT2D eigenvalue weighted by Crippen LogP contribution is 2.59. The summed E-state index contributed by atoms with van der Waals surface area (Å²) in [6.07, 6.45) is 39.2. The fourth-order valence-electron chi connectivity index (χ4n) is 8.25. The number of hydrogen-bond donors (Lipinski definition) is 0. The van der Waals surface area contributed by atoms with Crippen LogP contribution in [0.5, 0.6) is 0 Å². The molecule has 0 aromatic heterocycles. The molecule has 44 heavy (non-hydrogen) atoms. The number of fused-ring (bicyclic) bond motifs is 7. The summed E-state index contributed by atoms with van der Waals surface area (Å²) in [5.41, 5.74) is 19.7. The van der Waals surface area contributed by atoms with E-state index < -0.39 is 0 Å². The summed E-state index contributed by atoms with van der Waals surface area (Å²) >= 11 is 0. The summed E-state index contributed by atoms with van der Waals surface area (Å²) < 4.78 is 0. The molecular weight excluding hydrogens is 530 g/mol. The molecule has 6 aliphatic rings. The highest BCUT2D eigenvalue weighted by atomic mass is 14.7. The maximum atomic E-state index is 5.05. The van der Waals surface area contributed by atoms with E-state index in [1.807, 2.05) is 12.3 Å². The van der Waals surface area contributed by atoms with Gasteiger partial charge in [-0.1, -0.05) is 111 Å². The minimum Gasteiger partial charge on any atom is -0.260 e. The Morgan fingerprint density at radius 1 is 0.955 bits per heavy atom. The lowest BCUT2D eigenvalue weighted by molar-refractivity contribution is 0.575. The van der Waals surface area contributed by atoms with Crippen LogP contribution in [-0.2, 0) is 6.42 Å². The van der Waals surface area contributed by atoms with Gasteiger partial charge >= 0.3 is 0 Å². The van der Waals surface area contributed by atoms with Crippen LogP contribution in [0, 0.1) is 11.8 Å². The second kappa shape index (κ2) is 11.2. The van der Waals surface area contributed by atoms with Gasteiger partial charge in [-0.2, -0.15) is 0 Å². The van der Waals surface area contributed by atoms with Gasteiger partial charge in [0.1, 0.15) is 0 Å². The number of rotatable bonds is 4. The Hall–Kier alpha value is -4.49. The SMILES string of the molecule is C=CC(=C\c1c2c(c3c(c1C1=CC=CCC1)C1=C4C3=CCC[C@@H]4CC=C1)-c1ccccc1C2)/C1=N/C=C\C/C=C\C=C/C1C. The smallest absolute Gasteiger partial charge is 0.0541 e. The Labute approximate surface area is 262 Å². The Morgan fingerprint density at radius 2 is 1.89 bits per heavy atom. The lowest BCUT2D eigenvalue weighted by Crippen LogP contribution is -2.12. The number of benzene rings is 2. The number of hydrogen-bond acceptors (Lipinski definition) is 1. The van der Waals surface area contributed by atoms with Crippen LogP contribution in [0.25, 0.3) is 33.9 Å². The largest absolute Gasteiger partial charge is 0.260 e. The van der Waals surface area contributed by atoms with Crippen LogP contribution < -0.4 is 0 Å². The average molecular weight is 570 g/mol. The number of nitrogens with zero attached hydrogens (tertiary/aromatic N) is 1. The molecule has 1 heteroatoms. The van der Waals surface area contributed by atoms with Gasteiger partial charge in [0, 0.05) is 12.1 Å². The van der Waals surface area contributed by atoms with Gasteiger partial charge in [0.05, 0.1) is 5.71 Å². The van der Waals surface area contributed by atoms with Crippen molar-refractivity contribution in [2.24, 2.45) is 16.8 Å². The van der Waals surface area contributed by atoms with Crippen LogP contribution in [0.15, 0.2) is 126 Å². The predicted octanol–water partition coefficient (Wildman–Crippen LogP) is 11.2. The lowest BCUT2D eigenvalue weighted by Gasteiger charge is -2.26. The first-order valence-corrected chi connectivity index (χ1v) is 16.4. The van der Waals surface area contributed by atoms with Gasteiger partial charge in [-0.25, -0.2) is 0 Å². The molecular formula is C43H39N. The summed E-state index contributed by atoms with van der Waals surface area (Å²) in [6.45, 7) is 6.59. The molecule has 0 saturated carbocycles. The Bertz CT molecular complexity index is 1900. The zero-order chi connectivity index (χ0) is 29.6. The summed E-state index contributed by atoms with van der Waals surface area (Å²) in [4.78, 5) is 5.05. The van der Waals surface area contributed by atoms with Gasteiger partial charge in [-0.05, 0) is 129 Å². The quantitative estimate of drug-likeness (QED) is 0.277. The molecule has 1 aliphatic heterocycles. The highest BCUT2D eigenvalue weighted by molar-refractivity contribution is 6.15. The summed E-state index contributed by atoms with van der Waals surface area (Å²) in [7, 11) is 0. The normalized spacial score (nSPS) is 26.4. The maximum Gasteiger partial charge on any atom is 0.0541 e. The van der Waals surface area contributed by atoms with Crippen LogP contribution >= 0.6 is 0 Å². The van der Waals surface area contributed by atoms with Crippen molar-refractivity contribution in [3.8, 4) is 11.1 Å². The van der Waals surface area contributed by atoms with E-state index in [-0.39, 0.29) is 5.92 Å². The molecule has 0 bridgehead atoms. The van der Waals surface area contributed by atoms with Crippen LogP contribution in [-0.4, -0.2) is 5.71 Å². The molecule has 1 unspecified atom stereocenters. The monoisotopic (exact) mass is 569 g/mol. The van der Waals surface area contributed by atoms with Crippen LogP contribution in [0.4, 0.5) is 0 Å². The minimum atomic E-state index is 0.159. The third-order valence-electron chi connectivity index (χ3n) is 10.2. The molecule has 0 spiro atoms. The van der Waals surface area contributed by atoms with Gasteiger partial charge in [-0.3, -0.25) is 4.99 Å². The number of allylic oxidation sites excluding steroid dienone is 17. The van der Waals surface area contributed by atoms with Crippen LogP contribution in [0.2, 0.25) is 0 Å². The fourth-order valence-corrected chi connectivity index (χ4v) is 8.25. The molecule has 216 valence electrons. The summed E-state index contributed by atoms with van der Waals surface area (Å²) in [6, 6.07) is 9.12. The lowest BCUT2D eigenvalue weighted by atomic mass is 9.78. The van der Waals surface area contributed by atoms with Gasteiger partial charge in [0.15, 0.2) is 0 Å². The Kier molecular flexibility index (Phi) is 6.90. The molecule has 2 aromatic rings. The topological polar surface area (TPSA) is 12.4 Å². The molecule has 8 rings (SSSR count). The van der Waals surface area contributed by atoms with Crippen molar-refractivity contribution < 1.29 is 0 Å². The van der Waals surface area contributed by atoms with Gasteiger partial charge in [-0.15, -0.1) is 0 Å². The van der Waals surface area contributed by atoms with E-state index in [2.05, 4.69) is 111 Å². The predicted molar refractivity (Wildman–Crippen MR) is 189 cm³/mol. The van der Waals surface area contributed by atoms with Crippen LogP contribution in [0.3, 0.4) is 0 Å². The van der Waals surface area contributed by atoms with Crippen molar-refractivity contribution in [3.63, 3.8) is 0 Å². The first-order valence-electron chi connectivity index (χ1n) is 16.4. The average Bonchev–Trinajstić information content (AvgIpc) is 3.61. The third-order valence-corrected chi connectivity index (χ3v) is 10.2. The highest BCUT2D eigenvalue weighted by Gasteiger charge is 2.41. The molecule has 1 nitrogen and oxygen atoms in total. The molecule has 5 aliphatic carbocycles. The summed E-state index contributed by atoms with van der Waals surface area (Å²) in [5, 5.41) is 0. The minimum absolute atomic E-state index is 0.159. The first-order chi connectivity index (χ1) is 21.7. The standard InChI is InChI=1S/C43H39N/c1-3-29(43-28(2)16-8-5-4-6-13-25-44-43)26-36-37-27-32-19-11-12-22-33(32)40(37)42-35-24-15-21-30-20-14-23-34(38(30)35)41(42)39(36)31-17-9-7-10-18-31/h3-5,7-9,11-14,16-17,19,22-26,28,30H,1,6,10,15,18,20-21,27H2,2H3/b5-4-,16-8-,25-13-,29-26+,44-43+/t28?,30-/m0/s1. The Morgan fingerprint density at radius 3 is 2.77 bits per heavy atom. The van der Waals surface area contributed by atoms with E-state index in [0.717, 1.165) is 49.8 Å². The van der Waals surface area contributed by atoms with E-state index in [1.54, 1.807) is 5.57 Å². The van der Waals surface area contributed by atoms with Crippen molar-refractivity contribution in [1.29, 1.82) is 0 Å². The molecule has 2 atom stereocenters. The van der Waals surface area contributed by atoms with Crippen LogP contribution in [0.1, 0.15) is 78.8 Å². The van der Waals surface area contributed by atoms with Crippen molar-refractivity contribution in [3.05, 3.63) is 154 Å². The van der Waals surface area contributed by atoms with E-state index in [0.29, 0.717) is 5.92 Å². The fraction of sp³-hybridized carbons (Fsp3) is 0.233. The molecule has 1 heterocycles. The third kappa shape index (κ3) is 4.33.